The number of likely N-dealkylation sites (N-methyl/N-ethyl adjacent to an activating group) is 1. The van der Waals surface area contributed by atoms with Crippen molar-refractivity contribution in [3.63, 3.8) is 0 Å². The van der Waals surface area contributed by atoms with Gasteiger partial charge in [-0.05, 0) is 100 Å². The molecule has 0 saturated carbocycles. The largest absolute Gasteiger partial charge is 0.490 e. The molecule has 0 aliphatic carbocycles. The maximum atomic E-state index is 14.3. The minimum atomic E-state index is -4.42. The maximum Gasteiger partial charge on any atom is 0.416 e. The number of anilines is 1. The van der Waals surface area contributed by atoms with Crippen LogP contribution in [0.4, 0.5) is 23.2 Å². The summed E-state index contributed by atoms with van der Waals surface area (Å²) in [5.74, 6) is -1.07. The van der Waals surface area contributed by atoms with E-state index in [1.165, 1.54) is 35.2 Å². The van der Waals surface area contributed by atoms with Gasteiger partial charge in [-0.15, -0.1) is 0 Å². The van der Waals surface area contributed by atoms with Crippen molar-refractivity contribution in [2.45, 2.75) is 75.9 Å². The highest BCUT2D eigenvalue weighted by Gasteiger charge is 2.32. The molecule has 1 aliphatic heterocycles. The van der Waals surface area contributed by atoms with Crippen LogP contribution in [0, 0.1) is 11.7 Å². The number of nitrogens with one attached hydrogen (secondary N) is 1. The Hall–Kier alpha value is -3.72. The number of ether oxygens (including phenoxy) is 2. The maximum absolute atomic E-state index is 14.3. The minimum absolute atomic E-state index is 0.0922. The zero-order valence-electron chi connectivity index (χ0n) is 28.6. The Morgan fingerprint density at radius 2 is 1.72 bits per heavy atom. The average Bonchev–Trinajstić information content (AvgIpc) is 3.06. The second-order valence-electron chi connectivity index (χ2n) is 13.0. The van der Waals surface area contributed by atoms with Gasteiger partial charge in [-0.25, -0.2) is 12.8 Å². The van der Waals surface area contributed by atoms with Gasteiger partial charge in [0.25, 0.3) is 15.9 Å². The van der Waals surface area contributed by atoms with Gasteiger partial charge in [0.05, 0.1) is 40.9 Å². The second-order valence-corrected chi connectivity index (χ2v) is 14.6. The fourth-order valence-corrected chi connectivity index (χ4v) is 6.81. The summed E-state index contributed by atoms with van der Waals surface area (Å²) in [6.45, 7) is 6.57. The number of nitrogens with zero attached hydrogens (tertiary/aromatic N) is 2. The number of rotatable bonds is 9. The molecule has 274 valence electrons. The van der Waals surface area contributed by atoms with E-state index >= 15 is 0 Å². The third-order valence-corrected chi connectivity index (χ3v) is 10.1. The van der Waals surface area contributed by atoms with E-state index in [0.717, 1.165) is 49.2 Å². The molecular weight excluding hydrogens is 678 g/mol. The fraction of sp³-hybridized carbons (Fsp3) is 0.472. The average molecular weight is 724 g/mol. The number of hydrogen-bond donors (Lipinski definition) is 2. The first-order valence-electron chi connectivity index (χ1n) is 16.5. The van der Waals surface area contributed by atoms with Crippen molar-refractivity contribution in [1.82, 2.24) is 9.80 Å². The molecule has 50 heavy (non-hydrogen) atoms. The van der Waals surface area contributed by atoms with Gasteiger partial charge in [0, 0.05) is 37.8 Å². The fourth-order valence-electron chi connectivity index (χ4n) is 5.76. The molecule has 0 unspecified atom stereocenters. The topological polar surface area (TPSA) is 108 Å². The summed E-state index contributed by atoms with van der Waals surface area (Å²) >= 11 is 0. The minimum Gasteiger partial charge on any atom is -0.490 e. The highest BCUT2D eigenvalue weighted by atomic mass is 32.2. The van der Waals surface area contributed by atoms with E-state index < -0.39 is 39.5 Å². The van der Waals surface area contributed by atoms with E-state index in [0.29, 0.717) is 31.7 Å². The summed E-state index contributed by atoms with van der Waals surface area (Å²) in [5.41, 5.74) is 0.178. The lowest BCUT2D eigenvalue weighted by Gasteiger charge is -2.36. The number of hydrogen-bond acceptors (Lipinski definition) is 7. The number of aliphatic hydroxyl groups is 1. The predicted molar refractivity (Wildman–Crippen MR) is 182 cm³/mol. The van der Waals surface area contributed by atoms with E-state index in [4.69, 9.17) is 9.47 Å². The van der Waals surface area contributed by atoms with Gasteiger partial charge in [0.15, 0.2) is 0 Å². The van der Waals surface area contributed by atoms with E-state index in [1.54, 1.807) is 6.92 Å². The van der Waals surface area contributed by atoms with Crippen molar-refractivity contribution in [2.75, 3.05) is 38.1 Å². The third-order valence-electron chi connectivity index (χ3n) is 8.65. The van der Waals surface area contributed by atoms with Crippen molar-refractivity contribution in [2.24, 2.45) is 5.92 Å². The highest BCUT2D eigenvalue weighted by Crippen LogP contribution is 2.31. The van der Waals surface area contributed by atoms with Gasteiger partial charge in [-0.1, -0.05) is 19.1 Å². The van der Waals surface area contributed by atoms with Crippen LogP contribution in [0.3, 0.4) is 0 Å². The Morgan fingerprint density at radius 3 is 2.36 bits per heavy atom. The molecule has 1 heterocycles. The number of fused-ring (bicyclic) bond motifs is 1. The first-order chi connectivity index (χ1) is 23.6. The monoisotopic (exact) mass is 723 g/mol. The summed E-state index contributed by atoms with van der Waals surface area (Å²) < 4.78 is 93.8. The van der Waals surface area contributed by atoms with Crippen LogP contribution in [0.2, 0.25) is 0 Å². The Morgan fingerprint density at radius 1 is 1.04 bits per heavy atom. The molecule has 0 spiro atoms. The summed E-state index contributed by atoms with van der Waals surface area (Å²) in [5, 5.41) is 10.2. The number of benzene rings is 3. The summed E-state index contributed by atoms with van der Waals surface area (Å²) in [4.78, 5) is 17.6. The predicted octanol–water partition coefficient (Wildman–Crippen LogP) is 6.57. The number of carbonyl (C=O) groups excluding carboxylic acids is 1. The van der Waals surface area contributed by atoms with Crippen LogP contribution in [0.5, 0.6) is 5.75 Å². The molecule has 0 fully saturated rings. The normalized spacial score (nSPS) is 20.5. The van der Waals surface area contributed by atoms with Gasteiger partial charge in [0.2, 0.25) is 0 Å². The van der Waals surface area contributed by atoms with Crippen LogP contribution >= 0.6 is 0 Å². The van der Waals surface area contributed by atoms with Crippen LogP contribution in [0.1, 0.15) is 61.5 Å². The molecule has 9 nitrogen and oxygen atoms in total. The van der Waals surface area contributed by atoms with Gasteiger partial charge in [-0.2, -0.15) is 13.2 Å². The molecular formula is C36H45F4N3O6S. The van der Waals surface area contributed by atoms with Gasteiger partial charge in [-0.3, -0.25) is 14.4 Å². The quantitative estimate of drug-likeness (QED) is 0.241. The molecule has 0 radical (unpaired) electrons. The van der Waals surface area contributed by atoms with Crippen LogP contribution < -0.4 is 9.46 Å². The standard InChI is InChI=1S/C36H45F4N3O6S/c1-24-20-43(25(2)23-44)35(45)32-19-30(41-50(46,47)31-15-12-29(37)13-16-31)14-17-33(32)49-26(3)7-5-6-18-48-34(24)22-42(4)21-27-8-10-28(11-9-27)36(38,39)40/h8-17,19,24-26,34,41,44H,5-7,18,20-23H2,1-4H3/t24-,25+,26-,34+/m1/s1. The summed E-state index contributed by atoms with van der Waals surface area (Å²) in [6.07, 6.45) is -2.91. The molecule has 2 N–H and O–H groups in total. The number of sulfonamides is 1. The van der Waals surface area contributed by atoms with Gasteiger partial charge < -0.3 is 19.5 Å². The Balaban J connectivity index is 1.61. The van der Waals surface area contributed by atoms with Crippen LogP contribution in [0.15, 0.2) is 71.6 Å². The lowest BCUT2D eigenvalue weighted by atomic mass is 10.0. The van der Waals surface area contributed by atoms with Gasteiger partial charge in [0.1, 0.15) is 11.6 Å². The third kappa shape index (κ3) is 10.6. The van der Waals surface area contributed by atoms with Crippen molar-refractivity contribution >= 4 is 21.6 Å². The van der Waals surface area contributed by atoms with E-state index in [1.807, 2.05) is 25.8 Å². The van der Waals surface area contributed by atoms with Gasteiger partial charge >= 0.3 is 6.18 Å². The van der Waals surface area contributed by atoms with Crippen molar-refractivity contribution < 1.29 is 45.4 Å². The molecule has 0 aromatic heterocycles. The Kier molecular flexibility index (Phi) is 13.3. The highest BCUT2D eigenvalue weighted by molar-refractivity contribution is 7.92. The SMILES string of the molecule is C[C@@H]1CCCCO[C@@H](CN(C)Cc2ccc(C(F)(F)F)cc2)[C@H](C)CN([C@@H](C)CO)C(=O)c2cc(NS(=O)(=O)c3ccc(F)cc3)ccc2O1. The Bertz CT molecular complexity index is 1670. The molecule has 14 heteroatoms. The lowest BCUT2D eigenvalue weighted by molar-refractivity contribution is -0.137. The summed E-state index contributed by atoms with van der Waals surface area (Å²) in [6, 6.07) is 13.2. The van der Waals surface area contributed by atoms with E-state index in [9.17, 15) is 35.9 Å². The molecule has 4 atom stereocenters. The molecule has 3 aromatic carbocycles. The molecule has 0 saturated heterocycles. The molecule has 4 rings (SSSR count). The van der Waals surface area contributed by atoms with Crippen molar-refractivity contribution in [1.29, 1.82) is 0 Å². The number of carbonyl (C=O) groups is 1. The smallest absolute Gasteiger partial charge is 0.416 e. The van der Waals surface area contributed by atoms with Crippen LogP contribution in [-0.4, -0.2) is 80.8 Å². The zero-order chi connectivity index (χ0) is 36.6. The van der Waals surface area contributed by atoms with Crippen molar-refractivity contribution in [3.05, 3.63) is 89.2 Å². The number of aliphatic hydroxyl groups excluding tert-OH is 1. The molecule has 1 aliphatic rings. The number of amides is 1. The van der Waals surface area contributed by atoms with E-state index in [-0.39, 0.29) is 53.2 Å². The number of halogens is 4. The first kappa shape index (κ1) is 39.1. The van der Waals surface area contributed by atoms with E-state index in [2.05, 4.69) is 4.72 Å². The number of alkyl halides is 3. The Labute approximate surface area is 291 Å². The molecule has 1 amide bonds. The summed E-state index contributed by atoms with van der Waals surface area (Å²) in [7, 11) is -2.27. The lowest BCUT2D eigenvalue weighted by Crippen LogP contribution is -2.47. The first-order valence-corrected chi connectivity index (χ1v) is 18.0. The van der Waals surface area contributed by atoms with Crippen molar-refractivity contribution in [3.8, 4) is 5.75 Å². The molecule has 0 bridgehead atoms. The zero-order valence-corrected chi connectivity index (χ0v) is 29.4. The van der Waals surface area contributed by atoms with Crippen LogP contribution in [-0.2, 0) is 27.5 Å². The second kappa shape index (κ2) is 17.0. The molecule has 3 aromatic rings. The van der Waals surface area contributed by atoms with Crippen LogP contribution in [0.25, 0.3) is 0 Å².